The molecule has 0 spiro atoms. The Morgan fingerprint density at radius 3 is 2.65 bits per heavy atom. The van der Waals surface area contributed by atoms with Crippen molar-refractivity contribution in [1.29, 1.82) is 5.26 Å². The van der Waals surface area contributed by atoms with Gasteiger partial charge in [0.1, 0.15) is 6.33 Å². The molecule has 2 rings (SSSR count). The second kappa shape index (κ2) is 8.53. The van der Waals surface area contributed by atoms with E-state index in [0.717, 1.165) is 11.9 Å². The van der Waals surface area contributed by atoms with E-state index >= 15 is 0 Å². The van der Waals surface area contributed by atoms with Crippen LogP contribution in [-0.4, -0.2) is 34.5 Å². The summed E-state index contributed by atoms with van der Waals surface area (Å²) in [6, 6.07) is 11.1. The number of benzene rings is 1. The molecular formula is C17H17N5O4. The van der Waals surface area contributed by atoms with Crippen LogP contribution in [0.2, 0.25) is 0 Å². The van der Waals surface area contributed by atoms with Gasteiger partial charge in [-0.3, -0.25) is 14.9 Å². The predicted octanol–water partition coefficient (Wildman–Crippen LogP) is 2.19. The number of rotatable bonds is 7. The van der Waals surface area contributed by atoms with Crippen molar-refractivity contribution in [3.63, 3.8) is 0 Å². The smallest absolute Gasteiger partial charge is 0.334 e. The SMILES string of the molecule is CCOC(=O)C(C#N)c1ncnc(N(C)Cc2ccccc2)c1[N+](=O)[O-]. The number of carbonyl (C=O) groups excluding carboxylic acids is 1. The Kier molecular flexibility index (Phi) is 6.16. The van der Waals surface area contributed by atoms with E-state index in [4.69, 9.17) is 4.74 Å². The lowest BCUT2D eigenvalue weighted by Gasteiger charge is -2.19. The van der Waals surface area contributed by atoms with Crippen LogP contribution >= 0.6 is 0 Å². The number of ether oxygens (including phenoxy) is 1. The molecule has 0 aliphatic rings. The van der Waals surface area contributed by atoms with Gasteiger partial charge in [0.05, 0.1) is 17.6 Å². The zero-order chi connectivity index (χ0) is 19.1. The normalized spacial score (nSPS) is 11.3. The Morgan fingerprint density at radius 2 is 2.08 bits per heavy atom. The average Bonchev–Trinajstić information content (AvgIpc) is 2.63. The maximum atomic E-state index is 12.0. The zero-order valence-electron chi connectivity index (χ0n) is 14.3. The summed E-state index contributed by atoms with van der Waals surface area (Å²) < 4.78 is 4.82. The number of aromatic nitrogens is 2. The van der Waals surface area contributed by atoms with E-state index in [1.54, 1.807) is 24.9 Å². The summed E-state index contributed by atoms with van der Waals surface area (Å²) in [6.45, 7) is 1.99. The van der Waals surface area contributed by atoms with Crippen molar-refractivity contribution in [2.75, 3.05) is 18.6 Å². The minimum Gasteiger partial charge on any atom is -0.465 e. The molecule has 1 aromatic heterocycles. The van der Waals surface area contributed by atoms with E-state index in [1.807, 2.05) is 30.3 Å². The summed E-state index contributed by atoms with van der Waals surface area (Å²) in [4.78, 5) is 32.3. The van der Waals surface area contributed by atoms with Crippen LogP contribution in [-0.2, 0) is 16.1 Å². The molecule has 0 radical (unpaired) electrons. The van der Waals surface area contributed by atoms with E-state index in [1.165, 1.54) is 0 Å². The molecule has 1 heterocycles. The molecule has 26 heavy (non-hydrogen) atoms. The van der Waals surface area contributed by atoms with Crippen molar-refractivity contribution >= 4 is 17.5 Å². The molecule has 9 heteroatoms. The van der Waals surface area contributed by atoms with Crippen LogP contribution in [0.4, 0.5) is 11.5 Å². The Labute approximate surface area is 150 Å². The van der Waals surface area contributed by atoms with Gasteiger partial charge in [-0.2, -0.15) is 5.26 Å². The molecule has 1 atom stereocenters. The van der Waals surface area contributed by atoms with Crippen molar-refractivity contribution in [2.45, 2.75) is 19.4 Å². The number of anilines is 1. The van der Waals surface area contributed by atoms with Gasteiger partial charge in [0.2, 0.25) is 5.82 Å². The maximum Gasteiger partial charge on any atom is 0.334 e. The van der Waals surface area contributed by atoms with Crippen molar-refractivity contribution in [3.05, 3.63) is 58.0 Å². The predicted molar refractivity (Wildman–Crippen MR) is 92.2 cm³/mol. The lowest BCUT2D eigenvalue weighted by atomic mass is 10.1. The molecule has 0 aliphatic heterocycles. The van der Waals surface area contributed by atoms with E-state index in [9.17, 15) is 20.2 Å². The monoisotopic (exact) mass is 355 g/mol. The molecule has 0 amide bonds. The number of nitro groups is 1. The van der Waals surface area contributed by atoms with Crippen molar-refractivity contribution in [1.82, 2.24) is 9.97 Å². The van der Waals surface area contributed by atoms with Crippen molar-refractivity contribution in [3.8, 4) is 6.07 Å². The number of esters is 1. The quantitative estimate of drug-likeness (QED) is 0.421. The largest absolute Gasteiger partial charge is 0.465 e. The Bertz CT molecular complexity index is 835. The average molecular weight is 355 g/mol. The maximum absolute atomic E-state index is 12.0. The second-order valence-corrected chi connectivity index (χ2v) is 5.34. The standard InChI is InChI=1S/C17H17N5O4/c1-3-26-17(23)13(9-18)14-15(22(24)25)16(20-11-19-14)21(2)10-12-7-5-4-6-8-12/h4-8,11,13H,3,10H2,1-2H3. The molecule has 2 aromatic rings. The van der Waals surface area contributed by atoms with Gasteiger partial charge in [0.25, 0.3) is 0 Å². The van der Waals surface area contributed by atoms with Crippen LogP contribution in [0.25, 0.3) is 0 Å². The van der Waals surface area contributed by atoms with E-state index in [0.29, 0.717) is 6.54 Å². The van der Waals surface area contributed by atoms with Crippen molar-refractivity contribution < 1.29 is 14.5 Å². The van der Waals surface area contributed by atoms with Crippen LogP contribution in [0.3, 0.4) is 0 Å². The molecule has 0 aliphatic carbocycles. The Balaban J connectivity index is 2.46. The first-order valence-corrected chi connectivity index (χ1v) is 7.80. The van der Waals surface area contributed by atoms with E-state index in [2.05, 4.69) is 9.97 Å². The third-order valence-electron chi connectivity index (χ3n) is 3.56. The molecule has 1 unspecified atom stereocenters. The van der Waals surface area contributed by atoms with Crippen LogP contribution in [0.5, 0.6) is 0 Å². The zero-order valence-corrected chi connectivity index (χ0v) is 14.3. The Hall–Kier alpha value is -3.54. The van der Waals surface area contributed by atoms with Crippen LogP contribution in [0.1, 0.15) is 24.1 Å². The van der Waals surface area contributed by atoms with E-state index < -0.39 is 22.5 Å². The number of hydrogen-bond acceptors (Lipinski definition) is 8. The molecule has 9 nitrogen and oxygen atoms in total. The Morgan fingerprint density at radius 1 is 1.38 bits per heavy atom. The molecule has 1 aromatic carbocycles. The summed E-state index contributed by atoms with van der Waals surface area (Å²) in [6.07, 6.45) is 1.10. The summed E-state index contributed by atoms with van der Waals surface area (Å²) in [5, 5.41) is 20.9. The number of nitrogens with zero attached hydrogens (tertiary/aromatic N) is 5. The van der Waals surface area contributed by atoms with Gasteiger partial charge in [0.15, 0.2) is 11.6 Å². The highest BCUT2D eigenvalue weighted by molar-refractivity contribution is 5.83. The molecule has 0 bridgehead atoms. The fourth-order valence-corrected chi connectivity index (χ4v) is 2.43. The summed E-state index contributed by atoms with van der Waals surface area (Å²) in [5.41, 5.74) is 0.165. The summed E-state index contributed by atoms with van der Waals surface area (Å²) in [5.74, 6) is -2.36. The van der Waals surface area contributed by atoms with Gasteiger partial charge in [0, 0.05) is 13.6 Å². The minimum atomic E-state index is -1.50. The van der Waals surface area contributed by atoms with Gasteiger partial charge in [-0.15, -0.1) is 0 Å². The van der Waals surface area contributed by atoms with Gasteiger partial charge >= 0.3 is 11.7 Å². The van der Waals surface area contributed by atoms with Gasteiger partial charge < -0.3 is 9.64 Å². The highest BCUT2D eigenvalue weighted by atomic mass is 16.6. The first-order valence-electron chi connectivity index (χ1n) is 7.80. The highest BCUT2D eigenvalue weighted by Crippen LogP contribution is 2.33. The van der Waals surface area contributed by atoms with Gasteiger partial charge in [-0.1, -0.05) is 30.3 Å². The number of nitriles is 1. The third-order valence-corrected chi connectivity index (χ3v) is 3.56. The minimum absolute atomic E-state index is 0.0217. The molecule has 134 valence electrons. The van der Waals surface area contributed by atoms with E-state index in [-0.39, 0.29) is 18.1 Å². The fourth-order valence-electron chi connectivity index (χ4n) is 2.43. The van der Waals surface area contributed by atoms with Gasteiger partial charge in [-0.25, -0.2) is 9.97 Å². The second-order valence-electron chi connectivity index (χ2n) is 5.34. The lowest BCUT2D eigenvalue weighted by molar-refractivity contribution is -0.385. The van der Waals surface area contributed by atoms with Crippen LogP contribution in [0.15, 0.2) is 36.7 Å². The van der Waals surface area contributed by atoms with Crippen LogP contribution < -0.4 is 4.90 Å². The molecular weight excluding hydrogens is 338 g/mol. The van der Waals surface area contributed by atoms with Crippen molar-refractivity contribution in [2.24, 2.45) is 0 Å². The van der Waals surface area contributed by atoms with Crippen LogP contribution in [0, 0.1) is 21.4 Å². The van der Waals surface area contributed by atoms with Gasteiger partial charge in [-0.05, 0) is 12.5 Å². The topological polar surface area (TPSA) is 122 Å². The molecule has 0 fully saturated rings. The summed E-state index contributed by atoms with van der Waals surface area (Å²) >= 11 is 0. The molecule has 0 N–H and O–H groups in total. The third kappa shape index (κ3) is 4.10. The molecule has 0 saturated carbocycles. The number of carbonyl (C=O) groups is 1. The lowest BCUT2D eigenvalue weighted by Crippen LogP contribution is -2.22. The first kappa shape index (κ1) is 18.8. The number of hydrogen-bond donors (Lipinski definition) is 0. The highest BCUT2D eigenvalue weighted by Gasteiger charge is 2.35. The fraction of sp³-hybridized carbons (Fsp3) is 0.294. The summed E-state index contributed by atoms with van der Waals surface area (Å²) in [7, 11) is 1.64. The molecule has 0 saturated heterocycles. The first-order chi connectivity index (χ1) is 12.5.